The Kier molecular flexibility index (Phi) is 8.88. The number of benzene rings is 2. The monoisotopic (exact) mass is 480 g/mol. The molecule has 0 radical (unpaired) electrons. The predicted molar refractivity (Wildman–Crippen MR) is 128 cm³/mol. The number of nitriles is 1. The molecule has 3 rings (SSSR count). The normalized spacial score (nSPS) is 10.5. The number of hydrogen-bond acceptors (Lipinski definition) is 9. The van der Waals surface area contributed by atoms with E-state index in [-0.39, 0.29) is 13.2 Å². The lowest BCUT2D eigenvalue weighted by molar-refractivity contribution is -0.139. The van der Waals surface area contributed by atoms with Gasteiger partial charge in [0.05, 0.1) is 26.5 Å². The topological polar surface area (TPSA) is 99.9 Å². The maximum absolute atomic E-state index is 12.2. The lowest BCUT2D eigenvalue weighted by Crippen LogP contribution is -2.01. The van der Waals surface area contributed by atoms with Crippen LogP contribution in [0.25, 0.3) is 16.6 Å². The number of nitrogens with zero attached hydrogens (tertiary/aromatic N) is 2. The van der Waals surface area contributed by atoms with Crippen molar-refractivity contribution in [2.24, 2.45) is 0 Å². The second kappa shape index (κ2) is 12.3. The number of carbonyl (C=O) groups is 1. The third-order valence-electron chi connectivity index (χ3n) is 4.52. The minimum absolute atomic E-state index is 0.0537. The van der Waals surface area contributed by atoms with E-state index in [0.29, 0.717) is 35.3 Å². The number of hydrogen-bond donors (Lipinski definition) is 0. The highest BCUT2D eigenvalue weighted by atomic mass is 32.1. The summed E-state index contributed by atoms with van der Waals surface area (Å²) >= 11 is 1.45. The van der Waals surface area contributed by atoms with Gasteiger partial charge in [-0.25, -0.2) is 9.78 Å². The number of methoxy groups -OCH3 is 2. The molecule has 0 aliphatic rings. The van der Waals surface area contributed by atoms with Crippen LogP contribution in [0.5, 0.6) is 23.0 Å². The van der Waals surface area contributed by atoms with Crippen LogP contribution in [-0.4, -0.2) is 38.4 Å². The summed E-state index contributed by atoms with van der Waals surface area (Å²) in [6.45, 7) is 2.43. The Hall–Kier alpha value is -4.03. The Bertz CT molecular complexity index is 1200. The molecule has 0 spiro atoms. The van der Waals surface area contributed by atoms with E-state index in [1.807, 2.05) is 36.6 Å². The predicted octanol–water partition coefficient (Wildman–Crippen LogP) is 4.88. The minimum Gasteiger partial charge on any atom is -0.493 e. The Morgan fingerprint density at radius 2 is 1.79 bits per heavy atom. The quantitative estimate of drug-likeness (QED) is 0.283. The third-order valence-corrected chi connectivity index (χ3v) is 5.46. The summed E-state index contributed by atoms with van der Waals surface area (Å²) in [5.74, 6) is 1.73. The zero-order valence-corrected chi connectivity index (χ0v) is 19.9. The third kappa shape index (κ3) is 6.49. The zero-order valence-electron chi connectivity index (χ0n) is 19.1. The van der Waals surface area contributed by atoms with Crippen molar-refractivity contribution in [3.05, 3.63) is 59.1 Å². The summed E-state index contributed by atoms with van der Waals surface area (Å²) < 4.78 is 26.8. The lowest BCUT2D eigenvalue weighted by Gasteiger charge is -2.09. The number of carbonyl (C=O) groups excluding carboxylic acids is 1. The molecule has 0 aliphatic heterocycles. The Morgan fingerprint density at radius 3 is 2.53 bits per heavy atom. The average Bonchev–Trinajstić information content (AvgIpc) is 3.34. The van der Waals surface area contributed by atoms with Crippen LogP contribution in [0.3, 0.4) is 0 Å². The molecule has 0 aliphatic carbocycles. The van der Waals surface area contributed by atoms with Crippen molar-refractivity contribution in [1.29, 1.82) is 5.26 Å². The van der Waals surface area contributed by atoms with Gasteiger partial charge in [0.1, 0.15) is 17.7 Å². The standard InChI is InChI=1S/C25H24N2O6S/c1-4-31-20-9-7-18(14-23(20)30-3)25-27-19(16-34-25)15-33-24(28)10-6-17-5-8-21(32-12-11-26)22(13-17)29-2/h5-10,13-14,16H,4,12,15H2,1-3H3. The second-order valence-corrected chi connectivity index (χ2v) is 7.60. The largest absolute Gasteiger partial charge is 0.493 e. The highest BCUT2D eigenvalue weighted by Crippen LogP contribution is 2.34. The van der Waals surface area contributed by atoms with Gasteiger partial charge < -0.3 is 23.7 Å². The van der Waals surface area contributed by atoms with Crippen molar-refractivity contribution < 1.29 is 28.5 Å². The molecule has 2 aromatic carbocycles. The van der Waals surface area contributed by atoms with Gasteiger partial charge in [-0.1, -0.05) is 6.07 Å². The molecular weight excluding hydrogens is 456 g/mol. The van der Waals surface area contributed by atoms with Crippen molar-refractivity contribution in [3.63, 3.8) is 0 Å². The van der Waals surface area contributed by atoms with Crippen LogP contribution in [0.1, 0.15) is 18.2 Å². The molecule has 176 valence electrons. The second-order valence-electron chi connectivity index (χ2n) is 6.74. The van der Waals surface area contributed by atoms with E-state index in [4.69, 9.17) is 28.9 Å². The maximum Gasteiger partial charge on any atom is 0.331 e. The molecule has 8 nitrogen and oxygen atoms in total. The van der Waals surface area contributed by atoms with Crippen molar-refractivity contribution in [2.45, 2.75) is 13.5 Å². The molecule has 0 bridgehead atoms. The van der Waals surface area contributed by atoms with Gasteiger partial charge in [-0.15, -0.1) is 11.3 Å². The van der Waals surface area contributed by atoms with E-state index < -0.39 is 5.97 Å². The first kappa shape index (κ1) is 24.6. The summed E-state index contributed by atoms with van der Waals surface area (Å²) in [7, 11) is 3.09. The molecule has 1 heterocycles. The van der Waals surface area contributed by atoms with Gasteiger partial charge in [0, 0.05) is 17.0 Å². The average molecular weight is 481 g/mol. The van der Waals surface area contributed by atoms with E-state index in [2.05, 4.69) is 4.98 Å². The van der Waals surface area contributed by atoms with Gasteiger partial charge in [-0.05, 0) is 48.9 Å². The summed E-state index contributed by atoms with van der Waals surface area (Å²) in [5, 5.41) is 11.3. The SMILES string of the molecule is CCOc1ccc(-c2nc(COC(=O)C=Cc3ccc(OCC#N)c(OC)c3)cs2)cc1OC. The number of esters is 1. The Labute approximate surface area is 201 Å². The van der Waals surface area contributed by atoms with Gasteiger partial charge >= 0.3 is 5.97 Å². The fourth-order valence-electron chi connectivity index (χ4n) is 2.96. The fraction of sp³-hybridized carbons (Fsp3) is 0.240. The van der Waals surface area contributed by atoms with Crippen LogP contribution in [0.15, 0.2) is 47.9 Å². The van der Waals surface area contributed by atoms with Crippen molar-refractivity contribution >= 4 is 23.4 Å². The lowest BCUT2D eigenvalue weighted by atomic mass is 10.2. The molecule has 0 atom stereocenters. The molecule has 0 amide bonds. The highest BCUT2D eigenvalue weighted by molar-refractivity contribution is 7.13. The van der Waals surface area contributed by atoms with Gasteiger partial charge in [-0.2, -0.15) is 5.26 Å². The molecule has 9 heteroatoms. The summed E-state index contributed by atoms with van der Waals surface area (Å²) in [5.41, 5.74) is 2.26. The van der Waals surface area contributed by atoms with Gasteiger partial charge in [0.25, 0.3) is 0 Å². The van der Waals surface area contributed by atoms with E-state index >= 15 is 0 Å². The van der Waals surface area contributed by atoms with E-state index in [9.17, 15) is 4.79 Å². The maximum atomic E-state index is 12.2. The highest BCUT2D eigenvalue weighted by Gasteiger charge is 2.11. The zero-order chi connectivity index (χ0) is 24.3. The van der Waals surface area contributed by atoms with Crippen molar-refractivity contribution in [2.75, 3.05) is 27.4 Å². The Balaban J connectivity index is 1.59. The molecule has 1 aromatic heterocycles. The van der Waals surface area contributed by atoms with Crippen LogP contribution in [0.2, 0.25) is 0 Å². The van der Waals surface area contributed by atoms with Crippen LogP contribution in [0, 0.1) is 11.3 Å². The van der Waals surface area contributed by atoms with E-state index in [1.54, 1.807) is 31.4 Å². The fourth-order valence-corrected chi connectivity index (χ4v) is 3.76. The Morgan fingerprint density at radius 1 is 1.06 bits per heavy atom. The van der Waals surface area contributed by atoms with Crippen molar-refractivity contribution in [3.8, 4) is 39.6 Å². The first-order valence-electron chi connectivity index (χ1n) is 10.4. The number of thiazole rings is 1. The molecule has 3 aromatic rings. The van der Waals surface area contributed by atoms with Crippen molar-refractivity contribution in [1.82, 2.24) is 4.98 Å². The summed E-state index contributed by atoms with van der Waals surface area (Å²) in [6, 6.07) is 12.7. The number of aromatic nitrogens is 1. The number of ether oxygens (including phenoxy) is 5. The van der Waals surface area contributed by atoms with Gasteiger partial charge in [0.15, 0.2) is 29.6 Å². The van der Waals surface area contributed by atoms with Crippen LogP contribution in [-0.2, 0) is 16.1 Å². The van der Waals surface area contributed by atoms with E-state index in [1.165, 1.54) is 24.5 Å². The number of rotatable bonds is 11. The van der Waals surface area contributed by atoms with Gasteiger partial charge in [-0.3, -0.25) is 0 Å². The first-order chi connectivity index (χ1) is 16.6. The van der Waals surface area contributed by atoms with Crippen LogP contribution < -0.4 is 18.9 Å². The molecule has 0 saturated carbocycles. The molecule has 0 saturated heterocycles. The van der Waals surface area contributed by atoms with Crippen LogP contribution >= 0.6 is 11.3 Å². The molecule has 0 fully saturated rings. The minimum atomic E-state index is -0.499. The first-order valence-corrected chi connectivity index (χ1v) is 11.2. The smallest absolute Gasteiger partial charge is 0.331 e. The molecule has 0 unspecified atom stereocenters. The molecular formula is C25H24N2O6S. The molecule has 34 heavy (non-hydrogen) atoms. The summed E-state index contributed by atoms with van der Waals surface area (Å²) in [6.07, 6.45) is 2.94. The summed E-state index contributed by atoms with van der Waals surface area (Å²) in [4.78, 5) is 16.7. The van der Waals surface area contributed by atoms with Gasteiger partial charge in [0.2, 0.25) is 0 Å². The van der Waals surface area contributed by atoms with Crippen LogP contribution in [0.4, 0.5) is 0 Å². The van der Waals surface area contributed by atoms with E-state index in [0.717, 1.165) is 16.1 Å². The molecule has 0 N–H and O–H groups in total.